The van der Waals surface area contributed by atoms with Crippen LogP contribution in [-0.2, 0) is 7.05 Å². The van der Waals surface area contributed by atoms with Crippen molar-refractivity contribution in [2.75, 3.05) is 0 Å². The first kappa shape index (κ1) is 17.6. The van der Waals surface area contributed by atoms with Crippen LogP contribution in [-0.4, -0.2) is 4.57 Å². The highest BCUT2D eigenvalue weighted by Crippen LogP contribution is 2.35. The SMILES string of the molecule is C=Cc1c2c(n(C)c1/C=C\C(C)C(C)C)C=CC(C)(CC)C=C2. The molecule has 2 atom stereocenters. The third-order valence-electron chi connectivity index (χ3n) is 5.39. The number of aromatic nitrogens is 1. The lowest BCUT2D eigenvalue weighted by molar-refractivity contribution is 0.506. The van der Waals surface area contributed by atoms with E-state index in [4.69, 9.17) is 0 Å². The van der Waals surface area contributed by atoms with Gasteiger partial charge in [0.15, 0.2) is 0 Å². The van der Waals surface area contributed by atoms with Gasteiger partial charge in [-0.2, -0.15) is 0 Å². The average molecular weight is 309 g/mol. The van der Waals surface area contributed by atoms with Gasteiger partial charge in [0.05, 0.1) is 0 Å². The quantitative estimate of drug-likeness (QED) is 0.590. The molecule has 1 heterocycles. The van der Waals surface area contributed by atoms with Gasteiger partial charge >= 0.3 is 0 Å². The van der Waals surface area contributed by atoms with Crippen LogP contribution in [0.1, 0.15) is 63.6 Å². The molecule has 0 bridgehead atoms. The second kappa shape index (κ2) is 6.78. The van der Waals surface area contributed by atoms with Gasteiger partial charge in [0.2, 0.25) is 0 Å². The number of hydrogen-bond acceptors (Lipinski definition) is 0. The monoisotopic (exact) mass is 309 g/mol. The molecule has 0 fully saturated rings. The zero-order chi connectivity index (χ0) is 17.2. The summed E-state index contributed by atoms with van der Waals surface area (Å²) in [4.78, 5) is 0. The van der Waals surface area contributed by atoms with Crippen LogP contribution in [0.25, 0.3) is 24.3 Å². The molecule has 0 amide bonds. The third-order valence-corrected chi connectivity index (χ3v) is 5.39. The molecular formula is C22H31N. The second-order valence-corrected chi connectivity index (χ2v) is 7.35. The number of hydrogen-bond donors (Lipinski definition) is 0. The topological polar surface area (TPSA) is 4.93 Å². The highest BCUT2D eigenvalue weighted by atomic mass is 15.0. The lowest BCUT2D eigenvalue weighted by atomic mass is 9.87. The van der Waals surface area contributed by atoms with E-state index in [2.05, 4.69) is 89.3 Å². The Morgan fingerprint density at radius 3 is 2.43 bits per heavy atom. The Hall–Kier alpha value is -1.76. The Morgan fingerprint density at radius 1 is 1.22 bits per heavy atom. The summed E-state index contributed by atoms with van der Waals surface area (Å²) in [5, 5.41) is 0. The summed E-state index contributed by atoms with van der Waals surface area (Å²) < 4.78 is 2.29. The standard InChI is InChI=1S/C22H31N/c1-8-18-19-12-14-22(6,9-2)15-13-21(19)23(7)20(18)11-10-17(5)16(3)4/h8,10-17H,1,9H2,2-7H3/b11-10-. The lowest BCUT2D eigenvalue weighted by Crippen LogP contribution is -2.06. The maximum absolute atomic E-state index is 4.06. The van der Waals surface area contributed by atoms with Gasteiger partial charge in [-0.05, 0) is 30.4 Å². The predicted octanol–water partition coefficient (Wildman–Crippen LogP) is 6.43. The average Bonchev–Trinajstić information content (AvgIpc) is 2.66. The van der Waals surface area contributed by atoms with Crippen molar-refractivity contribution in [3.63, 3.8) is 0 Å². The molecule has 0 aliphatic heterocycles. The molecule has 23 heavy (non-hydrogen) atoms. The van der Waals surface area contributed by atoms with Crippen LogP contribution >= 0.6 is 0 Å². The Labute approximate surface area is 142 Å². The van der Waals surface area contributed by atoms with E-state index < -0.39 is 0 Å². The van der Waals surface area contributed by atoms with Crippen molar-refractivity contribution in [3.05, 3.63) is 47.3 Å². The summed E-state index contributed by atoms with van der Waals surface area (Å²) >= 11 is 0. The van der Waals surface area contributed by atoms with Crippen molar-refractivity contribution in [1.82, 2.24) is 4.57 Å². The van der Waals surface area contributed by atoms with Gasteiger partial charge in [0, 0.05) is 35.0 Å². The molecule has 1 aromatic rings. The van der Waals surface area contributed by atoms with Gasteiger partial charge in [0.1, 0.15) is 0 Å². The number of fused-ring (bicyclic) bond motifs is 1. The first-order valence-corrected chi connectivity index (χ1v) is 8.74. The van der Waals surface area contributed by atoms with E-state index >= 15 is 0 Å². The smallest absolute Gasteiger partial charge is 0.0485 e. The minimum atomic E-state index is 0.139. The molecule has 0 aromatic carbocycles. The molecule has 1 heteroatoms. The van der Waals surface area contributed by atoms with Crippen molar-refractivity contribution >= 4 is 24.3 Å². The maximum Gasteiger partial charge on any atom is 0.0485 e. The van der Waals surface area contributed by atoms with Gasteiger partial charge in [-0.15, -0.1) is 0 Å². The molecule has 1 aromatic heterocycles. The van der Waals surface area contributed by atoms with Crippen LogP contribution in [0, 0.1) is 17.3 Å². The predicted molar refractivity (Wildman–Crippen MR) is 105 cm³/mol. The van der Waals surface area contributed by atoms with Crippen LogP contribution in [0.5, 0.6) is 0 Å². The van der Waals surface area contributed by atoms with Gasteiger partial charge in [-0.1, -0.05) is 71.6 Å². The third kappa shape index (κ3) is 3.44. The molecule has 2 rings (SSSR count). The highest BCUT2D eigenvalue weighted by molar-refractivity contribution is 5.80. The van der Waals surface area contributed by atoms with E-state index in [0.717, 1.165) is 6.42 Å². The number of allylic oxidation sites excluding steroid dienone is 3. The van der Waals surface area contributed by atoms with Crippen LogP contribution in [0.4, 0.5) is 0 Å². The molecule has 1 aliphatic rings. The second-order valence-electron chi connectivity index (χ2n) is 7.35. The van der Waals surface area contributed by atoms with Crippen LogP contribution in [0.2, 0.25) is 0 Å². The van der Waals surface area contributed by atoms with Crippen molar-refractivity contribution in [2.45, 2.75) is 41.0 Å². The summed E-state index contributed by atoms with van der Waals surface area (Å²) in [5.41, 5.74) is 5.17. The fourth-order valence-corrected chi connectivity index (χ4v) is 2.86. The minimum Gasteiger partial charge on any atom is -0.344 e. The largest absolute Gasteiger partial charge is 0.344 e. The molecule has 2 unspecified atom stereocenters. The summed E-state index contributed by atoms with van der Waals surface area (Å²) in [5.74, 6) is 1.22. The van der Waals surface area contributed by atoms with Crippen molar-refractivity contribution in [2.24, 2.45) is 24.3 Å². The highest BCUT2D eigenvalue weighted by Gasteiger charge is 2.21. The van der Waals surface area contributed by atoms with E-state index in [9.17, 15) is 0 Å². The molecule has 0 saturated carbocycles. The van der Waals surface area contributed by atoms with Gasteiger partial charge < -0.3 is 4.57 Å². The fraction of sp³-hybridized carbons (Fsp3) is 0.455. The van der Waals surface area contributed by atoms with Crippen molar-refractivity contribution in [1.29, 1.82) is 0 Å². The van der Waals surface area contributed by atoms with Crippen molar-refractivity contribution in [3.8, 4) is 0 Å². The van der Waals surface area contributed by atoms with Crippen LogP contribution < -0.4 is 0 Å². The molecule has 1 nitrogen and oxygen atoms in total. The zero-order valence-electron chi connectivity index (χ0n) is 15.6. The summed E-state index contributed by atoms with van der Waals surface area (Å²) in [6, 6.07) is 0. The first-order chi connectivity index (χ1) is 10.8. The number of rotatable bonds is 5. The first-order valence-electron chi connectivity index (χ1n) is 8.74. The normalized spacial score (nSPS) is 21.7. The lowest BCUT2D eigenvalue weighted by Gasteiger charge is -2.18. The van der Waals surface area contributed by atoms with Gasteiger partial charge in [0.25, 0.3) is 0 Å². The van der Waals surface area contributed by atoms with Crippen LogP contribution in [0.3, 0.4) is 0 Å². The minimum absolute atomic E-state index is 0.139. The van der Waals surface area contributed by atoms with Crippen LogP contribution in [0.15, 0.2) is 24.8 Å². The molecular weight excluding hydrogens is 278 g/mol. The van der Waals surface area contributed by atoms with E-state index in [0.29, 0.717) is 11.8 Å². The maximum atomic E-state index is 4.06. The zero-order valence-corrected chi connectivity index (χ0v) is 15.6. The van der Waals surface area contributed by atoms with E-state index in [1.54, 1.807) is 0 Å². The molecule has 0 radical (unpaired) electrons. The molecule has 0 spiro atoms. The van der Waals surface area contributed by atoms with Gasteiger partial charge in [-0.25, -0.2) is 0 Å². The van der Waals surface area contributed by atoms with E-state index in [1.165, 1.54) is 22.5 Å². The number of nitrogens with zero attached hydrogens (tertiary/aromatic N) is 1. The molecule has 1 aliphatic carbocycles. The molecule has 0 saturated heterocycles. The fourth-order valence-electron chi connectivity index (χ4n) is 2.86. The molecule has 124 valence electrons. The Balaban J connectivity index is 2.52. The van der Waals surface area contributed by atoms with Gasteiger partial charge in [-0.3, -0.25) is 0 Å². The molecule has 0 N–H and O–H groups in total. The summed E-state index contributed by atoms with van der Waals surface area (Å²) in [7, 11) is 2.15. The summed E-state index contributed by atoms with van der Waals surface area (Å²) in [6.45, 7) is 15.4. The summed E-state index contributed by atoms with van der Waals surface area (Å²) in [6.07, 6.45) is 16.9. The van der Waals surface area contributed by atoms with E-state index in [1.807, 2.05) is 6.08 Å². The van der Waals surface area contributed by atoms with E-state index in [-0.39, 0.29) is 5.41 Å². The Morgan fingerprint density at radius 2 is 1.87 bits per heavy atom. The van der Waals surface area contributed by atoms with Crippen molar-refractivity contribution < 1.29 is 0 Å². The Kier molecular flexibility index (Phi) is 5.19. The Bertz CT molecular complexity index is 667.